The van der Waals surface area contributed by atoms with Crippen LogP contribution in [-0.4, -0.2) is 46.8 Å². The number of nitrogens with one attached hydrogen (secondary N) is 1. The predicted octanol–water partition coefficient (Wildman–Crippen LogP) is 0.243. The molecule has 2 rings (SSSR count). The van der Waals surface area contributed by atoms with Gasteiger partial charge in [-0.3, -0.25) is 9.89 Å². The highest BCUT2D eigenvalue weighted by Gasteiger charge is 2.24. The highest BCUT2D eigenvalue weighted by Crippen LogP contribution is 2.12. The third kappa shape index (κ3) is 2.16. The summed E-state index contributed by atoms with van der Waals surface area (Å²) in [5.74, 6) is 0.273. The Labute approximate surface area is 93.8 Å². The maximum atomic E-state index is 12.0. The topological polar surface area (TPSA) is 84.2 Å². The number of amides is 1. The van der Waals surface area contributed by atoms with Crippen molar-refractivity contribution in [3.63, 3.8) is 0 Å². The molecule has 1 aliphatic heterocycles. The minimum Gasteiger partial charge on any atom is -0.382 e. The van der Waals surface area contributed by atoms with Crippen molar-refractivity contribution in [2.24, 2.45) is 0 Å². The second-order valence-electron chi connectivity index (χ2n) is 3.86. The van der Waals surface area contributed by atoms with Crippen molar-refractivity contribution in [1.29, 1.82) is 0 Å². The monoisotopic (exact) mass is 224 g/mol. The Morgan fingerprint density at radius 2 is 2.62 bits per heavy atom. The SMILES string of the molecule is CCC1CN(C(=O)c2cc(N)n[nH]2)CCO1. The summed E-state index contributed by atoms with van der Waals surface area (Å²) in [6, 6.07) is 1.55. The quantitative estimate of drug-likeness (QED) is 0.753. The average Bonchev–Trinajstić information content (AvgIpc) is 2.75. The zero-order chi connectivity index (χ0) is 11.5. The zero-order valence-electron chi connectivity index (χ0n) is 9.27. The highest BCUT2D eigenvalue weighted by atomic mass is 16.5. The number of nitrogens with zero attached hydrogens (tertiary/aromatic N) is 2. The van der Waals surface area contributed by atoms with Crippen LogP contribution in [0.4, 0.5) is 5.82 Å². The van der Waals surface area contributed by atoms with E-state index < -0.39 is 0 Å². The van der Waals surface area contributed by atoms with Crippen molar-refractivity contribution in [1.82, 2.24) is 15.1 Å². The minimum absolute atomic E-state index is 0.0639. The summed E-state index contributed by atoms with van der Waals surface area (Å²) in [4.78, 5) is 13.8. The fourth-order valence-corrected chi connectivity index (χ4v) is 1.77. The molecule has 1 amide bonds. The number of ether oxygens (including phenoxy) is 1. The van der Waals surface area contributed by atoms with E-state index in [1.807, 2.05) is 6.92 Å². The number of morpholine rings is 1. The van der Waals surface area contributed by atoms with Gasteiger partial charge >= 0.3 is 0 Å². The lowest BCUT2D eigenvalue weighted by Crippen LogP contribution is -2.45. The van der Waals surface area contributed by atoms with E-state index in [4.69, 9.17) is 10.5 Å². The van der Waals surface area contributed by atoms with Crippen molar-refractivity contribution in [2.45, 2.75) is 19.4 Å². The first kappa shape index (κ1) is 10.9. The van der Waals surface area contributed by atoms with E-state index in [1.54, 1.807) is 11.0 Å². The number of aromatic amines is 1. The zero-order valence-corrected chi connectivity index (χ0v) is 9.27. The van der Waals surface area contributed by atoms with Crippen LogP contribution in [0.5, 0.6) is 0 Å². The number of anilines is 1. The van der Waals surface area contributed by atoms with Gasteiger partial charge in [0.1, 0.15) is 11.5 Å². The van der Waals surface area contributed by atoms with Crippen LogP contribution in [0.15, 0.2) is 6.07 Å². The molecule has 6 heteroatoms. The molecule has 6 nitrogen and oxygen atoms in total. The van der Waals surface area contributed by atoms with Crippen molar-refractivity contribution in [3.8, 4) is 0 Å². The van der Waals surface area contributed by atoms with Crippen LogP contribution < -0.4 is 5.73 Å². The normalized spacial score (nSPS) is 21.1. The smallest absolute Gasteiger partial charge is 0.272 e. The Kier molecular flexibility index (Phi) is 3.09. The molecule has 1 fully saturated rings. The van der Waals surface area contributed by atoms with Crippen LogP contribution >= 0.6 is 0 Å². The fraction of sp³-hybridized carbons (Fsp3) is 0.600. The van der Waals surface area contributed by atoms with E-state index >= 15 is 0 Å². The summed E-state index contributed by atoms with van der Waals surface area (Å²) in [5.41, 5.74) is 5.90. The molecule has 1 atom stereocenters. The number of rotatable bonds is 2. The fourth-order valence-electron chi connectivity index (χ4n) is 1.77. The van der Waals surface area contributed by atoms with Crippen molar-refractivity contribution in [3.05, 3.63) is 11.8 Å². The molecule has 2 heterocycles. The van der Waals surface area contributed by atoms with Gasteiger partial charge in [-0.15, -0.1) is 0 Å². The molecule has 1 aromatic rings. The van der Waals surface area contributed by atoms with E-state index in [0.717, 1.165) is 6.42 Å². The number of nitrogen functional groups attached to an aromatic ring is 1. The Morgan fingerprint density at radius 1 is 1.81 bits per heavy atom. The average molecular weight is 224 g/mol. The molecule has 0 aromatic carbocycles. The second-order valence-corrected chi connectivity index (χ2v) is 3.86. The lowest BCUT2D eigenvalue weighted by Gasteiger charge is -2.32. The molecule has 0 bridgehead atoms. The van der Waals surface area contributed by atoms with Gasteiger partial charge in [0.25, 0.3) is 5.91 Å². The van der Waals surface area contributed by atoms with E-state index in [0.29, 0.717) is 31.2 Å². The number of carbonyl (C=O) groups excluding carboxylic acids is 1. The van der Waals surface area contributed by atoms with Crippen molar-refractivity contribution in [2.75, 3.05) is 25.4 Å². The number of hydrogen-bond donors (Lipinski definition) is 2. The summed E-state index contributed by atoms with van der Waals surface area (Å²) >= 11 is 0. The van der Waals surface area contributed by atoms with Gasteiger partial charge in [0.05, 0.1) is 12.7 Å². The molecule has 16 heavy (non-hydrogen) atoms. The van der Waals surface area contributed by atoms with Crippen LogP contribution in [0, 0.1) is 0 Å². The molecule has 0 saturated carbocycles. The number of nitrogens with two attached hydrogens (primary N) is 1. The lowest BCUT2D eigenvalue weighted by atomic mass is 10.2. The molecule has 0 spiro atoms. The van der Waals surface area contributed by atoms with Crippen LogP contribution in [0.3, 0.4) is 0 Å². The molecule has 0 aliphatic carbocycles. The van der Waals surface area contributed by atoms with Gasteiger partial charge in [0.2, 0.25) is 0 Å². The van der Waals surface area contributed by atoms with Gasteiger partial charge in [-0.05, 0) is 6.42 Å². The third-order valence-corrected chi connectivity index (χ3v) is 2.71. The number of carbonyl (C=O) groups is 1. The van der Waals surface area contributed by atoms with Crippen LogP contribution in [0.1, 0.15) is 23.8 Å². The van der Waals surface area contributed by atoms with Crippen LogP contribution in [-0.2, 0) is 4.74 Å². The largest absolute Gasteiger partial charge is 0.382 e. The van der Waals surface area contributed by atoms with Gasteiger partial charge in [0, 0.05) is 19.2 Å². The van der Waals surface area contributed by atoms with Gasteiger partial charge in [-0.25, -0.2) is 0 Å². The molecule has 0 radical (unpaired) electrons. The molecular formula is C10H16N4O2. The molecule has 1 aliphatic rings. The molecule has 88 valence electrons. The first-order chi connectivity index (χ1) is 7.70. The minimum atomic E-state index is -0.0639. The molecule has 1 unspecified atom stereocenters. The third-order valence-electron chi connectivity index (χ3n) is 2.71. The second kappa shape index (κ2) is 4.52. The Hall–Kier alpha value is -1.56. The predicted molar refractivity (Wildman–Crippen MR) is 58.9 cm³/mol. The first-order valence-electron chi connectivity index (χ1n) is 5.42. The van der Waals surface area contributed by atoms with Gasteiger partial charge in [0.15, 0.2) is 0 Å². The van der Waals surface area contributed by atoms with Gasteiger partial charge in [-0.2, -0.15) is 5.10 Å². The van der Waals surface area contributed by atoms with E-state index in [-0.39, 0.29) is 12.0 Å². The Morgan fingerprint density at radius 3 is 3.25 bits per heavy atom. The summed E-state index contributed by atoms with van der Waals surface area (Å²) in [6.07, 6.45) is 1.05. The molecule has 1 aromatic heterocycles. The van der Waals surface area contributed by atoms with Crippen molar-refractivity contribution >= 4 is 11.7 Å². The van der Waals surface area contributed by atoms with E-state index in [9.17, 15) is 4.79 Å². The van der Waals surface area contributed by atoms with E-state index in [1.165, 1.54) is 0 Å². The molecule has 1 saturated heterocycles. The molecular weight excluding hydrogens is 208 g/mol. The maximum absolute atomic E-state index is 12.0. The Balaban J connectivity index is 2.04. The summed E-state index contributed by atoms with van der Waals surface area (Å²) < 4.78 is 5.50. The number of aromatic nitrogens is 2. The Bertz CT molecular complexity index is 377. The molecule has 3 N–H and O–H groups in total. The van der Waals surface area contributed by atoms with Crippen LogP contribution in [0.25, 0.3) is 0 Å². The lowest BCUT2D eigenvalue weighted by molar-refractivity contribution is -0.0228. The van der Waals surface area contributed by atoms with Crippen molar-refractivity contribution < 1.29 is 9.53 Å². The van der Waals surface area contributed by atoms with Gasteiger partial charge in [-0.1, -0.05) is 6.92 Å². The summed E-state index contributed by atoms with van der Waals surface area (Å²) in [5, 5.41) is 6.37. The van der Waals surface area contributed by atoms with E-state index in [2.05, 4.69) is 10.2 Å². The number of H-pyrrole nitrogens is 1. The number of hydrogen-bond acceptors (Lipinski definition) is 4. The standard InChI is InChI=1S/C10H16N4O2/c1-2-7-6-14(3-4-16-7)10(15)8-5-9(11)13-12-8/h5,7H,2-4,6H2,1H3,(H3,11,12,13). The summed E-state index contributed by atoms with van der Waals surface area (Å²) in [6.45, 7) is 3.89. The first-order valence-corrected chi connectivity index (χ1v) is 5.42. The summed E-state index contributed by atoms with van der Waals surface area (Å²) in [7, 11) is 0. The van der Waals surface area contributed by atoms with Crippen LogP contribution in [0.2, 0.25) is 0 Å². The van der Waals surface area contributed by atoms with Gasteiger partial charge < -0.3 is 15.4 Å². The maximum Gasteiger partial charge on any atom is 0.272 e. The highest BCUT2D eigenvalue weighted by molar-refractivity contribution is 5.93.